The summed E-state index contributed by atoms with van der Waals surface area (Å²) in [4.78, 5) is 11.0. The van der Waals surface area contributed by atoms with Crippen LogP contribution in [0.1, 0.15) is 11.1 Å². The summed E-state index contributed by atoms with van der Waals surface area (Å²) in [5.74, 6) is 0.850. The number of nitrogens with zero attached hydrogens (tertiary/aromatic N) is 2. The summed E-state index contributed by atoms with van der Waals surface area (Å²) in [5, 5.41) is 1.80. The molecule has 0 spiro atoms. The summed E-state index contributed by atoms with van der Waals surface area (Å²) < 4.78 is 23.8. The lowest BCUT2D eigenvalue weighted by atomic mass is 10.1. The van der Waals surface area contributed by atoms with E-state index in [0.717, 1.165) is 43.0 Å². The molecular formula is C29H24N2O2S3. The number of thioether (sulfide) groups is 1. The number of hydrogen-bond donors (Lipinski definition) is 0. The minimum Gasteiger partial charge on any atom is -0.250 e. The zero-order valence-electron chi connectivity index (χ0n) is 19.9. The van der Waals surface area contributed by atoms with Gasteiger partial charge in [0, 0.05) is 29.3 Å². The van der Waals surface area contributed by atoms with Crippen LogP contribution in [0.2, 0.25) is 0 Å². The lowest BCUT2D eigenvalue weighted by Gasteiger charge is -2.06. The summed E-state index contributed by atoms with van der Waals surface area (Å²) in [6.45, 7) is 2.07. The molecule has 0 amide bonds. The van der Waals surface area contributed by atoms with Gasteiger partial charge in [0.2, 0.25) is 0 Å². The second-order valence-electron chi connectivity index (χ2n) is 8.52. The van der Waals surface area contributed by atoms with Crippen LogP contribution in [0.15, 0.2) is 107 Å². The Kier molecular flexibility index (Phi) is 7.05. The molecule has 0 bridgehead atoms. The molecule has 0 unspecified atom stereocenters. The summed E-state index contributed by atoms with van der Waals surface area (Å²) in [5.41, 5.74) is 6.34. The van der Waals surface area contributed by atoms with Crippen LogP contribution in [0.25, 0.3) is 32.3 Å². The molecule has 180 valence electrons. The molecule has 0 fully saturated rings. The second kappa shape index (κ2) is 10.4. The molecule has 0 saturated carbocycles. The third-order valence-electron chi connectivity index (χ3n) is 5.67. The van der Waals surface area contributed by atoms with E-state index in [1.54, 1.807) is 35.2 Å². The molecule has 2 heterocycles. The average Bonchev–Trinajstić information content (AvgIpc) is 3.34. The SMILES string of the molecule is Cc1cccc(-c2nc(-c3ccc(S(C)(=O)=O)cc3)sc2-c2ccnc(SCc3ccccc3)c2)c1. The van der Waals surface area contributed by atoms with Crippen LogP contribution in [-0.2, 0) is 15.6 Å². The van der Waals surface area contributed by atoms with Crippen molar-refractivity contribution < 1.29 is 8.42 Å². The van der Waals surface area contributed by atoms with Crippen molar-refractivity contribution in [1.29, 1.82) is 0 Å². The van der Waals surface area contributed by atoms with Crippen molar-refractivity contribution in [1.82, 2.24) is 9.97 Å². The Morgan fingerprint density at radius 1 is 0.833 bits per heavy atom. The van der Waals surface area contributed by atoms with Crippen molar-refractivity contribution >= 4 is 32.9 Å². The Hall–Kier alpha value is -3.26. The van der Waals surface area contributed by atoms with Crippen LogP contribution < -0.4 is 0 Å². The van der Waals surface area contributed by atoms with Gasteiger partial charge in [-0.05, 0) is 48.4 Å². The smallest absolute Gasteiger partial charge is 0.175 e. The van der Waals surface area contributed by atoms with E-state index in [1.807, 2.05) is 36.5 Å². The molecule has 2 aromatic heterocycles. The van der Waals surface area contributed by atoms with Crippen LogP contribution in [-0.4, -0.2) is 24.6 Å². The van der Waals surface area contributed by atoms with Crippen LogP contribution in [0.3, 0.4) is 0 Å². The molecule has 0 atom stereocenters. The van der Waals surface area contributed by atoms with Gasteiger partial charge < -0.3 is 0 Å². The molecule has 5 rings (SSSR count). The Morgan fingerprint density at radius 3 is 2.33 bits per heavy atom. The number of rotatable bonds is 7. The average molecular weight is 529 g/mol. The summed E-state index contributed by atoms with van der Waals surface area (Å²) in [6, 6.07) is 29.8. The highest BCUT2D eigenvalue weighted by atomic mass is 32.2. The molecule has 0 saturated heterocycles. The van der Waals surface area contributed by atoms with E-state index in [1.165, 1.54) is 17.4 Å². The first-order valence-corrected chi connectivity index (χ1v) is 15.1. The van der Waals surface area contributed by atoms with Gasteiger partial charge in [-0.25, -0.2) is 18.4 Å². The van der Waals surface area contributed by atoms with E-state index in [4.69, 9.17) is 4.98 Å². The molecule has 0 N–H and O–H groups in total. The minimum atomic E-state index is -3.25. The fourth-order valence-electron chi connectivity index (χ4n) is 3.83. The number of pyridine rings is 1. The number of sulfone groups is 1. The normalized spacial score (nSPS) is 11.5. The van der Waals surface area contributed by atoms with Crippen LogP contribution >= 0.6 is 23.1 Å². The molecule has 36 heavy (non-hydrogen) atoms. The van der Waals surface area contributed by atoms with Gasteiger partial charge in [-0.3, -0.25) is 0 Å². The van der Waals surface area contributed by atoms with Gasteiger partial charge >= 0.3 is 0 Å². The van der Waals surface area contributed by atoms with Gasteiger partial charge in [0.15, 0.2) is 9.84 Å². The third kappa shape index (κ3) is 5.59. The van der Waals surface area contributed by atoms with Gasteiger partial charge in [-0.15, -0.1) is 23.1 Å². The number of hydrogen-bond acceptors (Lipinski definition) is 6. The van der Waals surface area contributed by atoms with Crippen molar-refractivity contribution in [3.63, 3.8) is 0 Å². The number of thiazole rings is 1. The van der Waals surface area contributed by atoms with E-state index < -0.39 is 9.84 Å². The van der Waals surface area contributed by atoms with Crippen molar-refractivity contribution in [3.05, 3.63) is 108 Å². The topological polar surface area (TPSA) is 59.9 Å². The zero-order valence-corrected chi connectivity index (χ0v) is 22.3. The van der Waals surface area contributed by atoms with Gasteiger partial charge in [0.05, 0.1) is 20.5 Å². The van der Waals surface area contributed by atoms with Gasteiger partial charge in [0.25, 0.3) is 0 Å². The van der Waals surface area contributed by atoms with E-state index >= 15 is 0 Å². The van der Waals surface area contributed by atoms with Gasteiger partial charge in [-0.1, -0.05) is 66.2 Å². The van der Waals surface area contributed by atoms with E-state index in [2.05, 4.69) is 60.4 Å². The van der Waals surface area contributed by atoms with Crippen LogP contribution in [0.4, 0.5) is 0 Å². The predicted octanol–water partition coefficient (Wildman–Crippen LogP) is 7.54. The number of aryl methyl sites for hydroxylation is 1. The number of aromatic nitrogens is 2. The molecular weight excluding hydrogens is 505 g/mol. The summed E-state index contributed by atoms with van der Waals surface area (Å²) >= 11 is 3.32. The van der Waals surface area contributed by atoms with Crippen molar-refractivity contribution in [2.45, 2.75) is 22.6 Å². The number of benzene rings is 3. The monoisotopic (exact) mass is 528 g/mol. The summed E-state index contributed by atoms with van der Waals surface area (Å²) in [7, 11) is -3.25. The van der Waals surface area contributed by atoms with Gasteiger partial charge in [0.1, 0.15) is 5.01 Å². The molecule has 4 nitrogen and oxygen atoms in total. The second-order valence-corrected chi connectivity index (χ2v) is 12.5. The van der Waals surface area contributed by atoms with Crippen LogP contribution in [0.5, 0.6) is 0 Å². The predicted molar refractivity (Wildman–Crippen MR) is 150 cm³/mol. The van der Waals surface area contributed by atoms with Crippen LogP contribution in [0, 0.1) is 6.92 Å². The molecule has 0 aliphatic rings. The Bertz CT molecular complexity index is 1610. The Labute approximate surface area is 220 Å². The Balaban J connectivity index is 1.54. The molecule has 0 aliphatic carbocycles. The van der Waals surface area contributed by atoms with E-state index in [9.17, 15) is 8.42 Å². The van der Waals surface area contributed by atoms with E-state index in [0.29, 0.717) is 4.90 Å². The summed E-state index contributed by atoms with van der Waals surface area (Å²) in [6.07, 6.45) is 3.07. The molecule has 0 radical (unpaired) electrons. The lowest BCUT2D eigenvalue weighted by molar-refractivity contribution is 0.602. The molecule has 5 aromatic rings. The molecule has 3 aromatic carbocycles. The fourth-order valence-corrected chi connectivity index (χ4v) is 6.41. The first-order valence-electron chi connectivity index (χ1n) is 11.4. The molecule has 7 heteroatoms. The first-order chi connectivity index (χ1) is 17.4. The Morgan fingerprint density at radius 2 is 1.61 bits per heavy atom. The maximum atomic E-state index is 11.9. The highest BCUT2D eigenvalue weighted by Gasteiger charge is 2.18. The highest BCUT2D eigenvalue weighted by molar-refractivity contribution is 7.98. The van der Waals surface area contributed by atoms with Crippen molar-refractivity contribution in [2.75, 3.05) is 6.26 Å². The highest BCUT2D eigenvalue weighted by Crippen LogP contribution is 2.41. The standard InChI is InChI=1S/C29H24N2O2S3/c1-20-7-6-10-23(17-20)27-28(35-29(31-27)22-11-13-25(14-12-22)36(2,32)33)24-15-16-30-26(18-24)34-19-21-8-4-3-5-9-21/h3-18H,19H2,1-2H3. The molecule has 0 aliphatic heterocycles. The minimum absolute atomic E-state index is 0.302. The zero-order chi connectivity index (χ0) is 25.1. The first kappa shape index (κ1) is 24.4. The van der Waals surface area contributed by atoms with Crippen molar-refractivity contribution in [2.24, 2.45) is 0 Å². The largest absolute Gasteiger partial charge is 0.250 e. The maximum Gasteiger partial charge on any atom is 0.175 e. The quantitative estimate of drug-likeness (QED) is 0.204. The maximum absolute atomic E-state index is 11.9. The lowest BCUT2D eigenvalue weighted by Crippen LogP contribution is -1.96. The third-order valence-corrected chi connectivity index (χ3v) is 8.95. The van der Waals surface area contributed by atoms with Gasteiger partial charge in [-0.2, -0.15) is 0 Å². The van der Waals surface area contributed by atoms with Crippen molar-refractivity contribution in [3.8, 4) is 32.3 Å². The van der Waals surface area contributed by atoms with E-state index in [-0.39, 0.29) is 0 Å². The fraction of sp³-hybridized carbons (Fsp3) is 0.103.